The Morgan fingerprint density at radius 3 is 2.17 bits per heavy atom. The van der Waals surface area contributed by atoms with Crippen LogP contribution in [0.2, 0.25) is 0 Å². The molecule has 178 valence electrons. The maximum Gasteiger partial charge on any atom is 0.261 e. The van der Waals surface area contributed by atoms with Gasteiger partial charge in [0, 0.05) is 21.9 Å². The van der Waals surface area contributed by atoms with E-state index in [-0.39, 0.29) is 17.2 Å². The molecule has 0 heterocycles. The first kappa shape index (κ1) is 24.6. The molecule has 0 aromatic heterocycles. The van der Waals surface area contributed by atoms with E-state index in [0.717, 1.165) is 26.6 Å². The Kier molecular flexibility index (Phi) is 7.90. The minimum atomic E-state index is -3.68. The number of carbonyl (C=O) groups excluding carboxylic acids is 1. The standard InChI is InChI=1S/C28H26N2O3S2/c1-21-11-16-23(17-12-21)30-35(32,33)25-18-13-22(14-19-25)15-20-28(31)29-26-9-5-6-10-27(26)34-24-7-3-2-4-8-24/h2-14,16-19,30H,15,20H2,1H3,(H,29,31). The van der Waals surface area contributed by atoms with Gasteiger partial charge in [-0.05, 0) is 67.4 Å². The monoisotopic (exact) mass is 502 g/mol. The first-order valence-corrected chi connectivity index (χ1v) is 13.5. The maximum absolute atomic E-state index is 12.7. The molecule has 0 radical (unpaired) electrons. The van der Waals surface area contributed by atoms with Gasteiger partial charge in [0.2, 0.25) is 5.91 Å². The zero-order chi connectivity index (χ0) is 24.7. The summed E-state index contributed by atoms with van der Waals surface area (Å²) in [6.45, 7) is 1.94. The van der Waals surface area contributed by atoms with Gasteiger partial charge in [0.05, 0.1) is 10.6 Å². The molecule has 0 atom stereocenters. The highest BCUT2D eigenvalue weighted by Gasteiger charge is 2.14. The van der Waals surface area contributed by atoms with Gasteiger partial charge < -0.3 is 5.32 Å². The van der Waals surface area contributed by atoms with Gasteiger partial charge >= 0.3 is 0 Å². The predicted molar refractivity (Wildman–Crippen MR) is 142 cm³/mol. The predicted octanol–water partition coefficient (Wildman–Crippen LogP) is 6.52. The van der Waals surface area contributed by atoms with Crippen LogP contribution in [0.1, 0.15) is 17.5 Å². The highest BCUT2D eigenvalue weighted by atomic mass is 32.2. The molecule has 4 aromatic carbocycles. The summed E-state index contributed by atoms with van der Waals surface area (Å²) in [4.78, 5) is 14.9. The van der Waals surface area contributed by atoms with Crippen molar-refractivity contribution >= 4 is 39.1 Å². The van der Waals surface area contributed by atoms with E-state index in [4.69, 9.17) is 0 Å². The summed E-state index contributed by atoms with van der Waals surface area (Å²) in [5, 5.41) is 3.00. The number of hydrogen-bond acceptors (Lipinski definition) is 4. The summed E-state index contributed by atoms with van der Waals surface area (Å²) in [6, 6.07) is 31.5. The second-order valence-electron chi connectivity index (χ2n) is 8.07. The summed E-state index contributed by atoms with van der Waals surface area (Å²) < 4.78 is 27.9. The fourth-order valence-corrected chi connectivity index (χ4v) is 5.40. The summed E-state index contributed by atoms with van der Waals surface area (Å²) in [5.74, 6) is -0.0937. The zero-order valence-corrected chi connectivity index (χ0v) is 20.9. The second-order valence-corrected chi connectivity index (χ2v) is 10.9. The van der Waals surface area contributed by atoms with E-state index >= 15 is 0 Å². The van der Waals surface area contributed by atoms with Gasteiger partial charge in [0.15, 0.2) is 0 Å². The largest absolute Gasteiger partial charge is 0.325 e. The van der Waals surface area contributed by atoms with Crippen molar-refractivity contribution in [3.05, 3.63) is 114 Å². The number of carbonyl (C=O) groups is 1. The van der Waals surface area contributed by atoms with Crippen LogP contribution in [0.3, 0.4) is 0 Å². The zero-order valence-electron chi connectivity index (χ0n) is 19.3. The van der Waals surface area contributed by atoms with Crippen LogP contribution in [0.25, 0.3) is 0 Å². The molecule has 0 unspecified atom stereocenters. The number of aryl methyl sites for hydroxylation is 2. The van der Waals surface area contributed by atoms with Crippen molar-refractivity contribution < 1.29 is 13.2 Å². The van der Waals surface area contributed by atoms with Crippen molar-refractivity contribution in [2.75, 3.05) is 10.0 Å². The highest BCUT2D eigenvalue weighted by molar-refractivity contribution is 7.99. The van der Waals surface area contributed by atoms with Crippen molar-refractivity contribution in [3.8, 4) is 0 Å². The lowest BCUT2D eigenvalue weighted by atomic mass is 10.1. The third-order valence-corrected chi connectivity index (χ3v) is 7.79. The molecular formula is C28H26N2O3S2. The van der Waals surface area contributed by atoms with E-state index in [2.05, 4.69) is 10.0 Å². The molecular weight excluding hydrogens is 476 g/mol. The topological polar surface area (TPSA) is 75.3 Å². The first-order valence-electron chi connectivity index (χ1n) is 11.2. The molecule has 0 aliphatic rings. The van der Waals surface area contributed by atoms with Gasteiger partial charge in [0.25, 0.3) is 10.0 Å². The molecule has 7 heteroatoms. The summed E-state index contributed by atoms with van der Waals surface area (Å²) >= 11 is 1.60. The van der Waals surface area contributed by atoms with Crippen LogP contribution in [0.15, 0.2) is 118 Å². The number of rotatable bonds is 9. The Labute approximate surface area is 210 Å². The number of anilines is 2. The van der Waals surface area contributed by atoms with E-state index in [0.29, 0.717) is 12.1 Å². The number of hydrogen-bond donors (Lipinski definition) is 2. The van der Waals surface area contributed by atoms with Crippen LogP contribution in [-0.2, 0) is 21.2 Å². The van der Waals surface area contributed by atoms with Crippen molar-refractivity contribution in [3.63, 3.8) is 0 Å². The molecule has 0 saturated carbocycles. The molecule has 4 rings (SSSR count). The van der Waals surface area contributed by atoms with Crippen molar-refractivity contribution in [2.24, 2.45) is 0 Å². The van der Waals surface area contributed by atoms with Gasteiger partial charge in [-0.2, -0.15) is 0 Å². The van der Waals surface area contributed by atoms with Crippen LogP contribution in [0.4, 0.5) is 11.4 Å². The number of amides is 1. The SMILES string of the molecule is Cc1ccc(NS(=O)(=O)c2ccc(CCC(=O)Nc3ccccc3Sc3ccccc3)cc2)cc1. The second kappa shape index (κ2) is 11.3. The Balaban J connectivity index is 1.34. The maximum atomic E-state index is 12.7. The van der Waals surface area contributed by atoms with Crippen LogP contribution in [0.5, 0.6) is 0 Å². The lowest BCUT2D eigenvalue weighted by molar-refractivity contribution is -0.116. The number of benzene rings is 4. The van der Waals surface area contributed by atoms with E-state index in [9.17, 15) is 13.2 Å². The number of nitrogens with one attached hydrogen (secondary N) is 2. The molecule has 5 nitrogen and oxygen atoms in total. The highest BCUT2D eigenvalue weighted by Crippen LogP contribution is 2.33. The third kappa shape index (κ3) is 6.97. The number of sulfonamides is 1. The lowest BCUT2D eigenvalue weighted by Gasteiger charge is -2.11. The Morgan fingerprint density at radius 1 is 0.800 bits per heavy atom. The Morgan fingerprint density at radius 2 is 1.46 bits per heavy atom. The fraction of sp³-hybridized carbons (Fsp3) is 0.107. The molecule has 2 N–H and O–H groups in total. The molecule has 1 amide bonds. The molecule has 0 bridgehead atoms. The van der Waals surface area contributed by atoms with Crippen LogP contribution in [0, 0.1) is 6.92 Å². The van der Waals surface area contributed by atoms with E-state index < -0.39 is 10.0 Å². The van der Waals surface area contributed by atoms with Crippen molar-refractivity contribution in [2.45, 2.75) is 34.5 Å². The van der Waals surface area contributed by atoms with Gasteiger partial charge in [-0.1, -0.05) is 71.9 Å². The van der Waals surface area contributed by atoms with Crippen LogP contribution < -0.4 is 10.0 Å². The lowest BCUT2D eigenvalue weighted by Crippen LogP contribution is -2.14. The molecule has 0 saturated heterocycles. The average molecular weight is 503 g/mol. The van der Waals surface area contributed by atoms with Gasteiger partial charge in [-0.3, -0.25) is 9.52 Å². The van der Waals surface area contributed by atoms with Gasteiger partial charge in [-0.15, -0.1) is 0 Å². The molecule has 0 spiro atoms. The van der Waals surface area contributed by atoms with E-state index in [1.54, 1.807) is 48.2 Å². The Hall–Kier alpha value is -3.55. The van der Waals surface area contributed by atoms with Crippen molar-refractivity contribution in [1.29, 1.82) is 0 Å². The normalized spacial score (nSPS) is 11.1. The molecule has 35 heavy (non-hydrogen) atoms. The molecule has 4 aromatic rings. The third-order valence-electron chi connectivity index (χ3n) is 5.31. The van der Waals surface area contributed by atoms with Crippen LogP contribution >= 0.6 is 11.8 Å². The Bertz CT molecular complexity index is 1390. The minimum Gasteiger partial charge on any atom is -0.325 e. The number of para-hydroxylation sites is 1. The van der Waals surface area contributed by atoms with Crippen LogP contribution in [-0.4, -0.2) is 14.3 Å². The fourth-order valence-electron chi connectivity index (χ4n) is 3.42. The average Bonchev–Trinajstić information content (AvgIpc) is 2.86. The summed E-state index contributed by atoms with van der Waals surface area (Å²) in [6.07, 6.45) is 0.795. The summed E-state index contributed by atoms with van der Waals surface area (Å²) in [7, 11) is -3.68. The van der Waals surface area contributed by atoms with E-state index in [1.807, 2.05) is 73.7 Å². The minimum absolute atomic E-state index is 0.0937. The molecule has 0 aliphatic carbocycles. The van der Waals surface area contributed by atoms with Gasteiger partial charge in [0.1, 0.15) is 0 Å². The van der Waals surface area contributed by atoms with E-state index in [1.165, 1.54) is 0 Å². The quantitative estimate of drug-likeness (QED) is 0.273. The smallest absolute Gasteiger partial charge is 0.261 e. The first-order chi connectivity index (χ1) is 16.9. The molecule has 0 fully saturated rings. The van der Waals surface area contributed by atoms with Gasteiger partial charge in [-0.25, -0.2) is 8.42 Å². The van der Waals surface area contributed by atoms with Crippen molar-refractivity contribution in [1.82, 2.24) is 0 Å². The molecule has 0 aliphatic heterocycles. The summed E-state index contributed by atoms with van der Waals surface area (Å²) in [5.41, 5.74) is 3.23.